The van der Waals surface area contributed by atoms with Gasteiger partial charge >= 0.3 is 5.69 Å². The molecule has 0 bridgehead atoms. The lowest BCUT2D eigenvalue weighted by Gasteiger charge is -2.15. The molecule has 1 aromatic carbocycles. The van der Waals surface area contributed by atoms with Crippen LogP contribution in [0.15, 0.2) is 27.8 Å². The third-order valence-electron chi connectivity index (χ3n) is 3.95. The van der Waals surface area contributed by atoms with Crippen molar-refractivity contribution in [2.75, 3.05) is 19.6 Å². The van der Waals surface area contributed by atoms with Crippen LogP contribution in [0.25, 0.3) is 10.9 Å². The Bertz CT molecular complexity index is 765. The molecule has 1 unspecified atom stereocenters. The summed E-state index contributed by atoms with van der Waals surface area (Å²) in [4.78, 5) is 29.7. The van der Waals surface area contributed by atoms with Gasteiger partial charge in [0.15, 0.2) is 0 Å². The van der Waals surface area contributed by atoms with E-state index in [0.29, 0.717) is 15.9 Å². The van der Waals surface area contributed by atoms with E-state index in [1.54, 1.807) is 18.2 Å². The third-order valence-corrected chi connectivity index (χ3v) is 4.19. The van der Waals surface area contributed by atoms with Crippen molar-refractivity contribution < 1.29 is 0 Å². The molecule has 2 heterocycles. The molecule has 1 aliphatic rings. The quantitative estimate of drug-likeness (QED) is 0.915. The predicted molar refractivity (Wildman–Crippen MR) is 79.6 cm³/mol. The van der Waals surface area contributed by atoms with Gasteiger partial charge < -0.3 is 9.88 Å². The summed E-state index contributed by atoms with van der Waals surface area (Å²) in [6.45, 7) is 4.69. The molecule has 1 aliphatic heterocycles. The highest BCUT2D eigenvalue weighted by atomic mass is 35.5. The summed E-state index contributed by atoms with van der Waals surface area (Å²) >= 11 is 5.89. The molecule has 0 spiro atoms. The molecule has 106 valence electrons. The minimum absolute atomic E-state index is 0.0497. The molecule has 0 amide bonds. The summed E-state index contributed by atoms with van der Waals surface area (Å²) in [6.07, 6.45) is 0.829. The summed E-state index contributed by atoms with van der Waals surface area (Å²) in [5.41, 5.74) is -0.0924. The van der Waals surface area contributed by atoms with Crippen molar-refractivity contribution in [2.24, 2.45) is 0 Å². The van der Waals surface area contributed by atoms with E-state index in [4.69, 9.17) is 11.6 Å². The molecule has 1 fully saturated rings. The largest absolute Gasteiger partial charge is 0.329 e. The molecule has 20 heavy (non-hydrogen) atoms. The molecule has 2 aromatic rings. The SMILES string of the molecule is CCN1CCC(n2c(=O)[nH]c3cc(Cl)ccc3c2=O)C1. The van der Waals surface area contributed by atoms with E-state index in [1.807, 2.05) is 0 Å². The first-order valence-corrected chi connectivity index (χ1v) is 7.14. The minimum Gasteiger partial charge on any atom is -0.307 e. The first-order chi connectivity index (χ1) is 9.60. The van der Waals surface area contributed by atoms with Gasteiger partial charge in [-0.2, -0.15) is 0 Å². The molecule has 1 N–H and O–H groups in total. The van der Waals surface area contributed by atoms with E-state index in [2.05, 4.69) is 16.8 Å². The number of rotatable bonds is 2. The number of likely N-dealkylation sites (N-methyl/N-ethyl adjacent to an activating group) is 1. The van der Waals surface area contributed by atoms with Gasteiger partial charge in [-0.3, -0.25) is 9.36 Å². The van der Waals surface area contributed by atoms with Crippen molar-refractivity contribution in [3.63, 3.8) is 0 Å². The van der Waals surface area contributed by atoms with Crippen LogP contribution in [0.3, 0.4) is 0 Å². The van der Waals surface area contributed by atoms with E-state index in [9.17, 15) is 9.59 Å². The molecular weight excluding hydrogens is 278 g/mol. The summed E-state index contributed by atoms with van der Waals surface area (Å²) in [5.74, 6) is 0. The van der Waals surface area contributed by atoms with Crippen molar-refractivity contribution in [3.8, 4) is 0 Å². The number of H-pyrrole nitrogens is 1. The van der Waals surface area contributed by atoms with Gasteiger partial charge in [0.2, 0.25) is 0 Å². The maximum atomic E-state index is 12.5. The second kappa shape index (κ2) is 5.07. The summed E-state index contributed by atoms with van der Waals surface area (Å²) in [5, 5.41) is 1.01. The zero-order valence-corrected chi connectivity index (χ0v) is 12.0. The number of nitrogens with one attached hydrogen (secondary N) is 1. The van der Waals surface area contributed by atoms with Gasteiger partial charge in [0.25, 0.3) is 5.56 Å². The maximum Gasteiger partial charge on any atom is 0.329 e. The Morgan fingerprint density at radius 2 is 2.20 bits per heavy atom. The normalized spacial score (nSPS) is 19.8. The average molecular weight is 294 g/mol. The van der Waals surface area contributed by atoms with E-state index >= 15 is 0 Å². The smallest absolute Gasteiger partial charge is 0.307 e. The number of hydrogen-bond donors (Lipinski definition) is 1. The lowest BCUT2D eigenvalue weighted by molar-refractivity contribution is 0.338. The number of likely N-dealkylation sites (tertiary alicyclic amines) is 1. The van der Waals surface area contributed by atoms with Gasteiger partial charge in [0.05, 0.1) is 16.9 Å². The van der Waals surface area contributed by atoms with E-state index in [-0.39, 0.29) is 17.3 Å². The summed E-state index contributed by atoms with van der Waals surface area (Å²) in [7, 11) is 0. The van der Waals surface area contributed by atoms with Gasteiger partial charge in [-0.15, -0.1) is 0 Å². The van der Waals surface area contributed by atoms with Crippen LogP contribution < -0.4 is 11.2 Å². The predicted octanol–water partition coefficient (Wildman–Crippen LogP) is 1.61. The Kier molecular flexibility index (Phi) is 3.40. The molecule has 6 heteroatoms. The van der Waals surface area contributed by atoms with Gasteiger partial charge in [-0.1, -0.05) is 18.5 Å². The number of aromatic amines is 1. The molecule has 1 saturated heterocycles. The molecule has 1 aromatic heterocycles. The fraction of sp³-hybridized carbons (Fsp3) is 0.429. The van der Waals surface area contributed by atoms with E-state index in [0.717, 1.165) is 26.1 Å². The van der Waals surface area contributed by atoms with Crippen molar-refractivity contribution in [1.29, 1.82) is 0 Å². The van der Waals surface area contributed by atoms with Crippen LogP contribution in [0.2, 0.25) is 5.02 Å². The molecule has 0 radical (unpaired) electrons. The van der Waals surface area contributed by atoms with Gasteiger partial charge in [-0.05, 0) is 31.2 Å². The number of fused-ring (bicyclic) bond motifs is 1. The number of benzene rings is 1. The molecule has 0 saturated carbocycles. The average Bonchev–Trinajstić information content (AvgIpc) is 2.86. The standard InChI is InChI=1S/C14H16ClN3O2/c1-2-17-6-5-10(8-17)18-13(19)11-4-3-9(15)7-12(11)16-14(18)20/h3-4,7,10H,2,5-6,8H2,1H3,(H,16,20). The highest BCUT2D eigenvalue weighted by Gasteiger charge is 2.25. The van der Waals surface area contributed by atoms with Crippen molar-refractivity contribution in [3.05, 3.63) is 44.1 Å². The summed E-state index contributed by atoms with van der Waals surface area (Å²) in [6, 6.07) is 4.89. The van der Waals surface area contributed by atoms with Crippen LogP contribution in [0, 0.1) is 0 Å². The Hall–Kier alpha value is -1.59. The summed E-state index contributed by atoms with van der Waals surface area (Å²) < 4.78 is 1.35. The van der Waals surface area contributed by atoms with Crippen molar-refractivity contribution in [2.45, 2.75) is 19.4 Å². The first kappa shape index (κ1) is 13.4. The highest BCUT2D eigenvalue weighted by Crippen LogP contribution is 2.19. The topological polar surface area (TPSA) is 58.1 Å². The van der Waals surface area contributed by atoms with Crippen LogP contribution >= 0.6 is 11.6 Å². The van der Waals surface area contributed by atoms with Crippen LogP contribution in [-0.2, 0) is 0 Å². The second-order valence-electron chi connectivity index (χ2n) is 5.13. The molecule has 0 aliphatic carbocycles. The number of nitrogens with zero attached hydrogens (tertiary/aromatic N) is 2. The van der Waals surface area contributed by atoms with Crippen LogP contribution in [-0.4, -0.2) is 34.1 Å². The Morgan fingerprint density at radius 3 is 2.90 bits per heavy atom. The fourth-order valence-electron chi connectivity index (χ4n) is 2.85. The number of hydrogen-bond acceptors (Lipinski definition) is 3. The van der Waals surface area contributed by atoms with E-state index < -0.39 is 0 Å². The first-order valence-electron chi connectivity index (χ1n) is 6.76. The number of halogens is 1. The Labute approximate surface area is 120 Å². The van der Waals surface area contributed by atoms with Crippen molar-refractivity contribution in [1.82, 2.24) is 14.5 Å². The highest BCUT2D eigenvalue weighted by molar-refractivity contribution is 6.31. The Balaban J connectivity index is 2.15. The Morgan fingerprint density at radius 1 is 1.40 bits per heavy atom. The lowest BCUT2D eigenvalue weighted by atomic mass is 10.2. The van der Waals surface area contributed by atoms with Gasteiger partial charge in [0.1, 0.15) is 0 Å². The minimum atomic E-state index is -0.354. The zero-order valence-electron chi connectivity index (χ0n) is 11.2. The van der Waals surface area contributed by atoms with Crippen molar-refractivity contribution >= 4 is 22.5 Å². The van der Waals surface area contributed by atoms with Crippen LogP contribution in [0.1, 0.15) is 19.4 Å². The second-order valence-corrected chi connectivity index (χ2v) is 5.57. The lowest BCUT2D eigenvalue weighted by Crippen LogP contribution is -2.39. The zero-order chi connectivity index (χ0) is 14.3. The maximum absolute atomic E-state index is 12.5. The van der Waals surface area contributed by atoms with E-state index in [1.165, 1.54) is 4.57 Å². The molecule has 5 nitrogen and oxygen atoms in total. The van der Waals surface area contributed by atoms with Gasteiger partial charge in [0, 0.05) is 18.1 Å². The van der Waals surface area contributed by atoms with Crippen LogP contribution in [0.4, 0.5) is 0 Å². The molecule has 1 atom stereocenters. The van der Waals surface area contributed by atoms with Crippen LogP contribution in [0.5, 0.6) is 0 Å². The fourth-order valence-corrected chi connectivity index (χ4v) is 3.02. The monoisotopic (exact) mass is 293 g/mol. The molecular formula is C14H16ClN3O2. The number of aromatic nitrogens is 2. The van der Waals surface area contributed by atoms with Gasteiger partial charge in [-0.25, -0.2) is 4.79 Å². The third kappa shape index (κ3) is 2.17. The molecule has 3 rings (SSSR count).